The smallest absolute Gasteiger partial charge is 0.338 e. The van der Waals surface area contributed by atoms with E-state index in [4.69, 9.17) is 28.4 Å². The summed E-state index contributed by atoms with van der Waals surface area (Å²) in [7, 11) is 1.31. The van der Waals surface area contributed by atoms with Crippen LogP contribution < -0.4 is 10.1 Å². The Morgan fingerprint density at radius 2 is 1.90 bits per heavy atom. The van der Waals surface area contributed by atoms with Gasteiger partial charge in [-0.3, -0.25) is 4.79 Å². The molecule has 1 aliphatic heterocycles. The fourth-order valence-corrected chi connectivity index (χ4v) is 2.63. The Hall–Kier alpha value is -2.20. The molecule has 1 saturated heterocycles. The number of esters is 1. The third kappa shape index (κ3) is 7.98. The fraction of sp³-hybridized carbons (Fsp3) is 0.600. The van der Waals surface area contributed by atoms with Gasteiger partial charge in [-0.25, -0.2) is 4.79 Å². The van der Waals surface area contributed by atoms with Crippen LogP contribution in [-0.2, 0) is 28.5 Å². The van der Waals surface area contributed by atoms with Gasteiger partial charge in [0, 0.05) is 25.3 Å². The number of rotatable bonds is 13. The van der Waals surface area contributed by atoms with E-state index in [2.05, 4.69) is 5.32 Å². The van der Waals surface area contributed by atoms with Crippen LogP contribution in [0.4, 0.5) is 0 Å². The van der Waals surface area contributed by atoms with Gasteiger partial charge in [-0.2, -0.15) is 0 Å². The van der Waals surface area contributed by atoms with Gasteiger partial charge >= 0.3 is 5.97 Å². The minimum atomic E-state index is -0.663. The highest BCUT2D eigenvalue weighted by atomic mass is 16.7. The molecule has 1 aromatic carbocycles. The topological polar surface area (TPSA) is 102 Å². The third-order valence-electron chi connectivity index (χ3n) is 4.04. The van der Waals surface area contributed by atoms with Crippen molar-refractivity contribution < 1.29 is 38.0 Å². The summed E-state index contributed by atoms with van der Waals surface area (Å²) in [5, 5.41) is 2.76. The van der Waals surface area contributed by atoms with Crippen molar-refractivity contribution in [3.05, 3.63) is 29.3 Å². The maximum atomic E-state index is 12.0. The lowest BCUT2D eigenvalue weighted by Crippen LogP contribution is -2.30. The van der Waals surface area contributed by atoms with Crippen LogP contribution >= 0.6 is 0 Å². The number of nitrogens with one attached hydrogen (secondary N) is 1. The zero-order valence-corrected chi connectivity index (χ0v) is 16.9. The van der Waals surface area contributed by atoms with E-state index in [1.807, 2.05) is 6.92 Å². The second kappa shape index (κ2) is 13.1. The van der Waals surface area contributed by atoms with Gasteiger partial charge in [-0.15, -0.1) is 0 Å². The summed E-state index contributed by atoms with van der Waals surface area (Å²) >= 11 is 0. The standard InChI is InChI=1S/C20H29NO8/c1-3-25-9-10-26-8-4-7-21-18(22)14-29-15-5-6-16(19(23)24-2)17(13-15)20-27-11-12-28-20/h5-6,13,20H,3-4,7-12,14H2,1-2H3,(H,21,22)/i2+1. The Balaban J connectivity index is 1.76. The summed E-state index contributed by atoms with van der Waals surface area (Å²) < 4.78 is 31.8. The van der Waals surface area contributed by atoms with Crippen molar-refractivity contribution in [3.8, 4) is 5.75 Å². The molecule has 1 heterocycles. The Kier molecular flexibility index (Phi) is 10.4. The first-order chi connectivity index (χ1) is 14.2. The summed E-state index contributed by atoms with van der Waals surface area (Å²) in [6.45, 7) is 5.50. The zero-order valence-electron chi connectivity index (χ0n) is 16.9. The molecule has 0 aliphatic carbocycles. The SMILES string of the molecule is CCOCCOCCCNC(=O)COc1ccc(C(=O)O[13CH3])c(C2OCCO2)c1. The first-order valence-electron chi connectivity index (χ1n) is 9.66. The molecule has 1 amide bonds. The van der Waals surface area contributed by atoms with E-state index in [-0.39, 0.29) is 12.5 Å². The Labute approximate surface area is 170 Å². The highest BCUT2D eigenvalue weighted by Crippen LogP contribution is 2.30. The van der Waals surface area contributed by atoms with E-state index in [0.29, 0.717) is 69.5 Å². The number of hydrogen-bond acceptors (Lipinski definition) is 8. The molecule has 162 valence electrons. The summed E-state index contributed by atoms with van der Waals surface area (Å²) in [6.07, 6.45) is 0.0378. The van der Waals surface area contributed by atoms with Gasteiger partial charge in [-0.1, -0.05) is 0 Å². The van der Waals surface area contributed by atoms with Gasteiger partial charge in [0.25, 0.3) is 5.91 Å². The Morgan fingerprint density at radius 3 is 2.62 bits per heavy atom. The van der Waals surface area contributed by atoms with E-state index in [9.17, 15) is 9.59 Å². The van der Waals surface area contributed by atoms with Gasteiger partial charge < -0.3 is 33.7 Å². The first-order valence-corrected chi connectivity index (χ1v) is 9.66. The van der Waals surface area contributed by atoms with E-state index in [0.717, 1.165) is 0 Å². The molecular formula is C20H29NO8. The summed E-state index contributed by atoms with van der Waals surface area (Å²) in [6, 6.07) is 4.80. The van der Waals surface area contributed by atoms with Crippen molar-refractivity contribution in [2.24, 2.45) is 0 Å². The molecule has 29 heavy (non-hydrogen) atoms. The second-order valence-electron chi connectivity index (χ2n) is 6.12. The lowest BCUT2D eigenvalue weighted by Gasteiger charge is -2.15. The highest BCUT2D eigenvalue weighted by Gasteiger charge is 2.25. The number of hydrogen-bond donors (Lipinski definition) is 1. The maximum absolute atomic E-state index is 12.0. The molecule has 1 aromatic rings. The lowest BCUT2D eigenvalue weighted by molar-refractivity contribution is -0.123. The van der Waals surface area contributed by atoms with Gasteiger partial charge in [0.15, 0.2) is 12.9 Å². The molecule has 9 nitrogen and oxygen atoms in total. The fourth-order valence-electron chi connectivity index (χ4n) is 2.63. The van der Waals surface area contributed by atoms with Gasteiger partial charge in [0.1, 0.15) is 5.75 Å². The predicted octanol–water partition coefficient (Wildman–Crippen LogP) is 1.46. The van der Waals surface area contributed by atoms with Crippen LogP contribution in [0.5, 0.6) is 5.75 Å². The number of ether oxygens (including phenoxy) is 6. The van der Waals surface area contributed by atoms with E-state index in [1.165, 1.54) is 7.11 Å². The molecule has 0 bridgehead atoms. The first kappa shape index (κ1) is 23.1. The molecule has 0 aromatic heterocycles. The van der Waals surface area contributed by atoms with Crippen LogP contribution in [0.1, 0.15) is 35.6 Å². The molecule has 1 N–H and O–H groups in total. The monoisotopic (exact) mass is 412 g/mol. The number of carbonyl (C=O) groups is 2. The number of carbonyl (C=O) groups excluding carboxylic acids is 2. The number of amides is 1. The normalized spacial score (nSPS) is 14.0. The molecule has 0 spiro atoms. The van der Waals surface area contributed by atoms with Crippen molar-refractivity contribution >= 4 is 11.9 Å². The summed E-state index contributed by atoms with van der Waals surface area (Å²) in [5.41, 5.74) is 0.844. The predicted molar refractivity (Wildman–Crippen MR) is 103 cm³/mol. The van der Waals surface area contributed by atoms with Gasteiger partial charge in [0.05, 0.1) is 39.1 Å². The molecule has 2 rings (SSSR count). The molecule has 0 atom stereocenters. The van der Waals surface area contributed by atoms with E-state index in [1.54, 1.807) is 18.2 Å². The minimum Gasteiger partial charge on any atom is -0.484 e. The maximum Gasteiger partial charge on any atom is 0.338 e. The van der Waals surface area contributed by atoms with Crippen LogP contribution in [0.15, 0.2) is 18.2 Å². The van der Waals surface area contributed by atoms with Gasteiger partial charge in [0.2, 0.25) is 0 Å². The highest BCUT2D eigenvalue weighted by molar-refractivity contribution is 5.91. The van der Waals surface area contributed by atoms with E-state index >= 15 is 0 Å². The van der Waals surface area contributed by atoms with Crippen LogP contribution in [0.25, 0.3) is 0 Å². The summed E-state index contributed by atoms with van der Waals surface area (Å²) in [5.74, 6) is -0.306. The molecule has 0 radical (unpaired) electrons. The quantitative estimate of drug-likeness (QED) is 0.295. The van der Waals surface area contributed by atoms with Crippen LogP contribution in [0.3, 0.4) is 0 Å². The average Bonchev–Trinajstić information content (AvgIpc) is 3.28. The largest absolute Gasteiger partial charge is 0.484 e. The van der Waals surface area contributed by atoms with Crippen molar-refractivity contribution in [1.29, 1.82) is 0 Å². The van der Waals surface area contributed by atoms with E-state index < -0.39 is 12.3 Å². The van der Waals surface area contributed by atoms with Gasteiger partial charge in [-0.05, 0) is 31.5 Å². The molecule has 0 saturated carbocycles. The minimum absolute atomic E-state index is 0.144. The number of benzene rings is 1. The van der Waals surface area contributed by atoms with Crippen LogP contribution in [0, 0.1) is 0 Å². The Bertz CT molecular complexity index is 645. The average molecular weight is 412 g/mol. The van der Waals surface area contributed by atoms with Crippen molar-refractivity contribution in [2.45, 2.75) is 19.6 Å². The lowest BCUT2D eigenvalue weighted by atomic mass is 10.1. The second-order valence-corrected chi connectivity index (χ2v) is 6.12. The Morgan fingerprint density at radius 1 is 1.14 bits per heavy atom. The van der Waals surface area contributed by atoms with Crippen LogP contribution in [0.2, 0.25) is 0 Å². The van der Waals surface area contributed by atoms with Crippen molar-refractivity contribution in [2.75, 3.05) is 59.9 Å². The molecular weight excluding hydrogens is 383 g/mol. The molecule has 1 fully saturated rings. The number of methoxy groups -OCH3 is 1. The summed E-state index contributed by atoms with van der Waals surface area (Å²) in [4.78, 5) is 23.9. The molecule has 0 unspecified atom stereocenters. The third-order valence-corrected chi connectivity index (χ3v) is 4.04. The molecule has 9 heteroatoms. The zero-order chi connectivity index (χ0) is 20.9. The van der Waals surface area contributed by atoms with Crippen molar-refractivity contribution in [1.82, 2.24) is 5.32 Å². The van der Waals surface area contributed by atoms with Crippen LogP contribution in [-0.4, -0.2) is 71.8 Å². The molecule has 1 aliphatic rings. The van der Waals surface area contributed by atoms with Crippen molar-refractivity contribution in [3.63, 3.8) is 0 Å².